The van der Waals surface area contributed by atoms with E-state index in [9.17, 15) is 18.0 Å². The first-order valence-corrected chi connectivity index (χ1v) is 6.26. The fourth-order valence-corrected chi connectivity index (χ4v) is 2.18. The first-order chi connectivity index (χ1) is 9.82. The number of benzene rings is 1. The van der Waals surface area contributed by atoms with Crippen molar-refractivity contribution in [2.45, 2.75) is 12.3 Å². The molecule has 1 saturated heterocycles. The average molecular weight is 301 g/mol. The largest absolute Gasteiger partial charge is 0.479 e. The predicted molar refractivity (Wildman–Crippen MR) is 71.1 cm³/mol. The van der Waals surface area contributed by atoms with Crippen molar-refractivity contribution in [2.75, 3.05) is 24.6 Å². The Hall–Kier alpha value is -2.02. The van der Waals surface area contributed by atoms with E-state index in [2.05, 4.69) is 6.58 Å². The molecule has 0 saturated carbocycles. The normalized spacial score (nSPS) is 19.4. The molecule has 4 nitrogen and oxygen atoms in total. The van der Waals surface area contributed by atoms with Crippen molar-refractivity contribution in [3.05, 3.63) is 35.9 Å². The van der Waals surface area contributed by atoms with Crippen LogP contribution in [0.15, 0.2) is 24.8 Å². The molecule has 0 radical (unpaired) electrons. The van der Waals surface area contributed by atoms with E-state index in [0.717, 1.165) is 12.1 Å². The van der Waals surface area contributed by atoms with Crippen LogP contribution in [0.3, 0.4) is 0 Å². The molecule has 1 N–H and O–H groups in total. The minimum absolute atomic E-state index is 0.00250. The Bertz CT molecular complexity index is 557. The molecule has 0 spiro atoms. The first kappa shape index (κ1) is 15.4. The van der Waals surface area contributed by atoms with E-state index < -0.39 is 23.8 Å². The molecule has 1 atom stereocenters. The number of hydrogen-bond acceptors (Lipinski definition) is 3. The molecule has 0 aliphatic carbocycles. The summed E-state index contributed by atoms with van der Waals surface area (Å²) in [6.07, 6.45) is -4.06. The summed E-state index contributed by atoms with van der Waals surface area (Å²) in [7, 11) is 0. The number of rotatable bonds is 3. The highest BCUT2D eigenvalue weighted by atomic mass is 19.4. The van der Waals surface area contributed by atoms with Crippen LogP contribution in [0.1, 0.15) is 11.1 Å². The molecule has 2 rings (SSSR count). The zero-order valence-corrected chi connectivity index (χ0v) is 11.1. The van der Waals surface area contributed by atoms with Crippen LogP contribution >= 0.6 is 0 Å². The number of carbonyl (C=O) groups is 1. The third kappa shape index (κ3) is 3.36. The Morgan fingerprint density at radius 3 is 2.76 bits per heavy atom. The van der Waals surface area contributed by atoms with E-state index >= 15 is 0 Å². The highest BCUT2D eigenvalue weighted by molar-refractivity contribution is 5.75. The second-order valence-corrected chi connectivity index (χ2v) is 4.62. The topological polar surface area (TPSA) is 49.8 Å². The number of carboxylic acids is 1. The van der Waals surface area contributed by atoms with Gasteiger partial charge in [-0.15, -0.1) is 0 Å². The fourth-order valence-electron chi connectivity index (χ4n) is 2.18. The summed E-state index contributed by atoms with van der Waals surface area (Å²) in [5.41, 5.74) is 0.0601. The van der Waals surface area contributed by atoms with Crippen LogP contribution in [-0.2, 0) is 15.7 Å². The van der Waals surface area contributed by atoms with E-state index in [1.165, 1.54) is 12.1 Å². The molecule has 1 heterocycles. The summed E-state index contributed by atoms with van der Waals surface area (Å²) in [6.45, 7) is 4.04. The molecule has 1 aliphatic rings. The standard InChI is InChI=1S/C14H14F3NO3/c1-2-9-3-4-10(14(15,16)17)7-11(9)18-5-6-21-12(8-18)13(19)20/h2-4,7,12H,1,5-6,8H2,(H,19,20). The molecular weight excluding hydrogens is 287 g/mol. The summed E-state index contributed by atoms with van der Waals surface area (Å²) in [5.74, 6) is -1.13. The summed E-state index contributed by atoms with van der Waals surface area (Å²) < 4.78 is 43.5. The van der Waals surface area contributed by atoms with Gasteiger partial charge in [-0.3, -0.25) is 0 Å². The number of carboxylic acid groups (broad SMARTS) is 1. The van der Waals surface area contributed by atoms with Crippen LogP contribution in [-0.4, -0.2) is 36.9 Å². The zero-order valence-electron chi connectivity index (χ0n) is 11.1. The second kappa shape index (κ2) is 5.77. The van der Waals surface area contributed by atoms with Gasteiger partial charge in [-0.05, 0) is 17.7 Å². The maximum absolute atomic E-state index is 12.8. The Morgan fingerprint density at radius 2 is 2.19 bits per heavy atom. The van der Waals surface area contributed by atoms with Crippen molar-refractivity contribution in [1.82, 2.24) is 0 Å². The van der Waals surface area contributed by atoms with Crippen LogP contribution in [0.5, 0.6) is 0 Å². The van der Waals surface area contributed by atoms with Crippen LogP contribution in [0.25, 0.3) is 6.08 Å². The van der Waals surface area contributed by atoms with E-state index in [1.807, 2.05) is 0 Å². The van der Waals surface area contributed by atoms with Crippen molar-refractivity contribution >= 4 is 17.7 Å². The molecule has 7 heteroatoms. The Morgan fingerprint density at radius 1 is 1.48 bits per heavy atom. The van der Waals surface area contributed by atoms with Crippen molar-refractivity contribution in [2.24, 2.45) is 0 Å². The maximum Gasteiger partial charge on any atom is 0.416 e. The van der Waals surface area contributed by atoms with Gasteiger partial charge in [-0.1, -0.05) is 18.7 Å². The lowest BCUT2D eigenvalue weighted by Crippen LogP contribution is -2.46. The van der Waals surface area contributed by atoms with Crippen LogP contribution < -0.4 is 4.90 Å². The fraction of sp³-hybridized carbons (Fsp3) is 0.357. The molecule has 1 aromatic carbocycles. The van der Waals surface area contributed by atoms with Gasteiger partial charge in [-0.25, -0.2) is 4.79 Å². The van der Waals surface area contributed by atoms with Gasteiger partial charge < -0.3 is 14.7 Å². The van der Waals surface area contributed by atoms with Crippen LogP contribution in [0.2, 0.25) is 0 Å². The molecule has 0 bridgehead atoms. The first-order valence-electron chi connectivity index (χ1n) is 6.26. The number of nitrogens with zero attached hydrogens (tertiary/aromatic N) is 1. The Labute approximate surface area is 119 Å². The summed E-state index contributed by atoms with van der Waals surface area (Å²) in [6, 6.07) is 3.33. The monoisotopic (exact) mass is 301 g/mol. The molecule has 1 aromatic rings. The van der Waals surface area contributed by atoms with Gasteiger partial charge in [0, 0.05) is 12.2 Å². The van der Waals surface area contributed by atoms with Crippen molar-refractivity contribution in [3.63, 3.8) is 0 Å². The summed E-state index contributed by atoms with van der Waals surface area (Å²) in [4.78, 5) is 12.5. The third-order valence-electron chi connectivity index (χ3n) is 3.26. The van der Waals surface area contributed by atoms with Crippen molar-refractivity contribution in [1.29, 1.82) is 0 Å². The quantitative estimate of drug-likeness (QED) is 0.932. The number of halogens is 3. The van der Waals surface area contributed by atoms with Gasteiger partial charge in [0.15, 0.2) is 6.10 Å². The van der Waals surface area contributed by atoms with E-state index in [4.69, 9.17) is 9.84 Å². The van der Waals surface area contributed by atoms with Crippen LogP contribution in [0, 0.1) is 0 Å². The summed E-state index contributed by atoms with van der Waals surface area (Å²) in [5, 5.41) is 8.96. The molecule has 0 aromatic heterocycles. The number of ether oxygens (including phenoxy) is 1. The summed E-state index contributed by atoms with van der Waals surface area (Å²) >= 11 is 0. The Balaban J connectivity index is 2.36. The van der Waals surface area contributed by atoms with Gasteiger partial charge in [0.2, 0.25) is 0 Å². The average Bonchev–Trinajstić information content (AvgIpc) is 2.45. The second-order valence-electron chi connectivity index (χ2n) is 4.62. The van der Waals surface area contributed by atoms with Crippen molar-refractivity contribution in [3.8, 4) is 0 Å². The minimum atomic E-state index is -4.45. The highest BCUT2D eigenvalue weighted by Gasteiger charge is 2.33. The zero-order chi connectivity index (χ0) is 15.6. The minimum Gasteiger partial charge on any atom is -0.479 e. The van der Waals surface area contributed by atoms with Gasteiger partial charge in [0.1, 0.15) is 0 Å². The van der Waals surface area contributed by atoms with Crippen molar-refractivity contribution < 1.29 is 27.8 Å². The lowest BCUT2D eigenvalue weighted by atomic mass is 10.1. The molecule has 1 unspecified atom stereocenters. The lowest BCUT2D eigenvalue weighted by molar-refractivity contribution is -0.151. The molecule has 1 aliphatic heterocycles. The molecule has 0 amide bonds. The maximum atomic E-state index is 12.8. The third-order valence-corrected chi connectivity index (χ3v) is 3.26. The molecular formula is C14H14F3NO3. The Kier molecular flexibility index (Phi) is 4.22. The smallest absolute Gasteiger partial charge is 0.416 e. The lowest BCUT2D eigenvalue weighted by Gasteiger charge is -2.34. The van der Waals surface area contributed by atoms with Gasteiger partial charge in [-0.2, -0.15) is 13.2 Å². The number of hydrogen-bond donors (Lipinski definition) is 1. The van der Waals surface area contributed by atoms with Gasteiger partial charge >= 0.3 is 12.1 Å². The number of anilines is 1. The number of aliphatic carboxylic acids is 1. The molecule has 21 heavy (non-hydrogen) atoms. The van der Waals surface area contributed by atoms with E-state index in [-0.39, 0.29) is 13.2 Å². The van der Waals surface area contributed by atoms with E-state index in [0.29, 0.717) is 17.8 Å². The van der Waals surface area contributed by atoms with Gasteiger partial charge in [0.05, 0.1) is 18.7 Å². The molecule has 114 valence electrons. The van der Waals surface area contributed by atoms with E-state index in [1.54, 1.807) is 4.90 Å². The highest BCUT2D eigenvalue weighted by Crippen LogP contribution is 2.34. The SMILES string of the molecule is C=Cc1ccc(C(F)(F)F)cc1N1CCOC(C(=O)O)C1. The number of alkyl halides is 3. The predicted octanol–water partition coefficient (Wildman–Crippen LogP) is 2.64. The number of morpholine rings is 1. The van der Waals surface area contributed by atoms with Gasteiger partial charge in [0.25, 0.3) is 0 Å². The van der Waals surface area contributed by atoms with Crippen LogP contribution in [0.4, 0.5) is 18.9 Å². The molecule has 1 fully saturated rings.